The molecule has 0 bridgehead atoms. The van der Waals surface area contributed by atoms with Crippen LogP contribution in [0.2, 0.25) is 0 Å². The fourth-order valence-electron chi connectivity index (χ4n) is 3.02. The lowest BCUT2D eigenvalue weighted by molar-refractivity contribution is -0.137. The molecule has 1 heterocycles. The minimum atomic E-state index is -4.39. The van der Waals surface area contributed by atoms with Gasteiger partial charge in [-0.15, -0.1) is 0 Å². The summed E-state index contributed by atoms with van der Waals surface area (Å²) < 4.78 is 40.3. The minimum absolute atomic E-state index is 0.170. The second-order valence-corrected chi connectivity index (χ2v) is 6.61. The third kappa shape index (κ3) is 4.60. The Balaban J connectivity index is 1.76. The van der Waals surface area contributed by atoms with E-state index in [0.29, 0.717) is 22.6 Å². The van der Waals surface area contributed by atoms with Crippen LogP contribution in [0.1, 0.15) is 28.1 Å². The van der Waals surface area contributed by atoms with Gasteiger partial charge in [0.05, 0.1) is 35.6 Å². The number of hydrogen-bond donors (Lipinski definition) is 1. The quantitative estimate of drug-likeness (QED) is 0.687. The third-order valence-electron chi connectivity index (χ3n) is 4.44. The first-order valence-corrected chi connectivity index (χ1v) is 8.78. The molecule has 7 heteroatoms. The van der Waals surface area contributed by atoms with E-state index in [2.05, 4.69) is 10.4 Å². The van der Waals surface area contributed by atoms with Gasteiger partial charge in [0.2, 0.25) is 5.91 Å². The van der Waals surface area contributed by atoms with E-state index in [9.17, 15) is 18.0 Å². The van der Waals surface area contributed by atoms with Crippen molar-refractivity contribution >= 4 is 11.6 Å². The maximum Gasteiger partial charge on any atom is 0.416 e. The number of amides is 1. The largest absolute Gasteiger partial charge is 0.416 e. The summed E-state index contributed by atoms with van der Waals surface area (Å²) in [6.07, 6.45) is -4.15. The Bertz CT molecular complexity index is 978. The van der Waals surface area contributed by atoms with Crippen molar-refractivity contribution in [3.05, 3.63) is 82.7 Å². The first-order chi connectivity index (χ1) is 13.2. The smallest absolute Gasteiger partial charge is 0.323 e. The molecule has 146 valence electrons. The molecule has 0 fully saturated rings. The van der Waals surface area contributed by atoms with Crippen molar-refractivity contribution in [3.63, 3.8) is 0 Å². The maximum atomic E-state index is 12.9. The van der Waals surface area contributed by atoms with Gasteiger partial charge < -0.3 is 5.32 Å². The number of aryl methyl sites for hydroxylation is 1. The first kappa shape index (κ1) is 19.7. The van der Waals surface area contributed by atoms with Crippen molar-refractivity contribution in [3.8, 4) is 0 Å². The van der Waals surface area contributed by atoms with Crippen molar-refractivity contribution < 1.29 is 18.0 Å². The van der Waals surface area contributed by atoms with E-state index < -0.39 is 11.7 Å². The van der Waals surface area contributed by atoms with E-state index in [4.69, 9.17) is 0 Å². The van der Waals surface area contributed by atoms with Gasteiger partial charge in [0.25, 0.3) is 0 Å². The summed E-state index contributed by atoms with van der Waals surface area (Å²) in [6.45, 7) is 3.73. The molecular formula is C21H20F3N3O. The van der Waals surface area contributed by atoms with Crippen LogP contribution >= 0.6 is 0 Å². The van der Waals surface area contributed by atoms with Gasteiger partial charge in [-0.25, -0.2) is 0 Å². The molecule has 0 aliphatic rings. The summed E-state index contributed by atoms with van der Waals surface area (Å²) in [7, 11) is 0. The van der Waals surface area contributed by atoms with Gasteiger partial charge in [-0.2, -0.15) is 18.3 Å². The summed E-state index contributed by atoms with van der Waals surface area (Å²) in [5.41, 5.74) is 2.59. The molecule has 1 N–H and O–H groups in total. The third-order valence-corrected chi connectivity index (χ3v) is 4.44. The predicted molar refractivity (Wildman–Crippen MR) is 101 cm³/mol. The average molecular weight is 387 g/mol. The van der Waals surface area contributed by atoms with Crippen LogP contribution in [-0.4, -0.2) is 15.7 Å². The van der Waals surface area contributed by atoms with Gasteiger partial charge in [-0.3, -0.25) is 9.48 Å². The molecule has 0 aliphatic heterocycles. The first-order valence-electron chi connectivity index (χ1n) is 8.78. The highest BCUT2D eigenvalue weighted by Crippen LogP contribution is 2.30. The zero-order chi connectivity index (χ0) is 20.3. The predicted octanol–water partition coefficient (Wildman–Crippen LogP) is 4.75. The van der Waals surface area contributed by atoms with Crippen LogP contribution in [0.4, 0.5) is 18.9 Å². The van der Waals surface area contributed by atoms with Crippen molar-refractivity contribution in [1.29, 1.82) is 0 Å². The number of hydrogen-bond acceptors (Lipinski definition) is 2. The van der Waals surface area contributed by atoms with Gasteiger partial charge in [0.15, 0.2) is 0 Å². The molecule has 0 unspecified atom stereocenters. The highest BCUT2D eigenvalue weighted by molar-refractivity contribution is 5.93. The SMILES string of the molecule is Cc1nn(Cc2cccc(C(F)(F)F)c2)c(C)c1NC(=O)Cc1ccccc1. The fourth-order valence-corrected chi connectivity index (χ4v) is 3.02. The summed E-state index contributed by atoms with van der Waals surface area (Å²) in [4.78, 5) is 12.3. The Morgan fingerprint density at radius 1 is 1.04 bits per heavy atom. The molecule has 0 atom stereocenters. The molecule has 0 spiro atoms. The van der Waals surface area contributed by atoms with Crippen molar-refractivity contribution in [2.75, 3.05) is 5.32 Å². The number of nitrogens with one attached hydrogen (secondary N) is 1. The van der Waals surface area contributed by atoms with Gasteiger partial charge in [0, 0.05) is 0 Å². The number of carbonyl (C=O) groups is 1. The second-order valence-electron chi connectivity index (χ2n) is 6.61. The number of rotatable bonds is 5. The average Bonchev–Trinajstić information content (AvgIpc) is 2.89. The van der Waals surface area contributed by atoms with Crippen molar-refractivity contribution in [2.24, 2.45) is 0 Å². The minimum Gasteiger partial charge on any atom is -0.323 e. The van der Waals surface area contributed by atoms with E-state index in [1.54, 1.807) is 24.6 Å². The van der Waals surface area contributed by atoms with E-state index in [0.717, 1.165) is 17.7 Å². The number of alkyl halides is 3. The zero-order valence-corrected chi connectivity index (χ0v) is 15.5. The Morgan fingerprint density at radius 3 is 2.39 bits per heavy atom. The number of halogens is 3. The number of carbonyl (C=O) groups excluding carboxylic acids is 1. The van der Waals surface area contributed by atoms with E-state index in [-0.39, 0.29) is 18.9 Å². The monoisotopic (exact) mass is 387 g/mol. The highest BCUT2D eigenvalue weighted by atomic mass is 19.4. The molecule has 3 aromatic rings. The zero-order valence-electron chi connectivity index (χ0n) is 15.5. The lowest BCUT2D eigenvalue weighted by atomic mass is 10.1. The molecule has 28 heavy (non-hydrogen) atoms. The van der Waals surface area contributed by atoms with Crippen LogP contribution in [-0.2, 0) is 23.9 Å². The topological polar surface area (TPSA) is 46.9 Å². The van der Waals surface area contributed by atoms with Gasteiger partial charge in [0.1, 0.15) is 0 Å². The summed E-state index contributed by atoms with van der Waals surface area (Å²) in [5.74, 6) is -0.170. The van der Waals surface area contributed by atoms with Gasteiger partial charge in [-0.1, -0.05) is 42.5 Å². The number of benzene rings is 2. The Kier molecular flexibility index (Phi) is 5.53. The Hall–Kier alpha value is -3.09. The molecule has 0 saturated heterocycles. The Labute approximate surface area is 161 Å². The lowest BCUT2D eigenvalue weighted by Crippen LogP contribution is -2.15. The normalized spacial score (nSPS) is 11.5. The molecule has 0 saturated carbocycles. The van der Waals surface area contributed by atoms with Crippen LogP contribution in [0.15, 0.2) is 54.6 Å². The fraction of sp³-hybridized carbons (Fsp3) is 0.238. The van der Waals surface area contributed by atoms with Gasteiger partial charge >= 0.3 is 6.18 Å². The number of anilines is 1. The Morgan fingerprint density at radius 2 is 1.71 bits per heavy atom. The van der Waals surface area contributed by atoms with Crippen LogP contribution in [0.3, 0.4) is 0 Å². The highest BCUT2D eigenvalue weighted by Gasteiger charge is 2.30. The van der Waals surface area contributed by atoms with Gasteiger partial charge in [-0.05, 0) is 37.1 Å². The molecule has 0 radical (unpaired) electrons. The lowest BCUT2D eigenvalue weighted by Gasteiger charge is -2.10. The molecule has 2 aromatic carbocycles. The summed E-state index contributed by atoms with van der Waals surface area (Å²) in [6, 6.07) is 14.5. The van der Waals surface area contributed by atoms with Crippen LogP contribution in [0, 0.1) is 13.8 Å². The van der Waals surface area contributed by atoms with Crippen molar-refractivity contribution in [2.45, 2.75) is 33.0 Å². The summed E-state index contributed by atoms with van der Waals surface area (Å²) in [5, 5.41) is 7.24. The van der Waals surface area contributed by atoms with Crippen molar-refractivity contribution in [1.82, 2.24) is 9.78 Å². The number of nitrogens with zero attached hydrogens (tertiary/aromatic N) is 2. The van der Waals surface area contributed by atoms with E-state index >= 15 is 0 Å². The summed E-state index contributed by atoms with van der Waals surface area (Å²) >= 11 is 0. The van der Waals surface area contributed by atoms with Crippen LogP contribution in [0.25, 0.3) is 0 Å². The molecule has 0 aliphatic carbocycles. The number of aromatic nitrogens is 2. The van der Waals surface area contributed by atoms with E-state index in [1.807, 2.05) is 30.3 Å². The van der Waals surface area contributed by atoms with E-state index in [1.165, 1.54) is 6.07 Å². The molecule has 4 nitrogen and oxygen atoms in total. The maximum absolute atomic E-state index is 12.9. The molecule has 1 aromatic heterocycles. The van der Waals surface area contributed by atoms with Crippen LogP contribution in [0.5, 0.6) is 0 Å². The second kappa shape index (κ2) is 7.88. The standard InChI is InChI=1S/C21H20F3N3O/c1-14-20(25-19(28)12-16-7-4-3-5-8-16)15(2)27(26-14)13-17-9-6-10-18(11-17)21(22,23)24/h3-11H,12-13H2,1-2H3,(H,25,28). The molecule has 3 rings (SSSR count). The molecule has 1 amide bonds. The van der Waals surface area contributed by atoms with Crippen LogP contribution < -0.4 is 5.32 Å². The molecular weight excluding hydrogens is 367 g/mol.